The Bertz CT molecular complexity index is 204. The normalized spacial score (nSPS) is 38.2. The zero-order chi connectivity index (χ0) is 9.53. The van der Waals surface area contributed by atoms with Crippen molar-refractivity contribution in [3.63, 3.8) is 0 Å². The predicted octanol–water partition coefficient (Wildman–Crippen LogP) is 0.197. The van der Waals surface area contributed by atoms with Crippen LogP contribution in [0.4, 0.5) is 0 Å². The van der Waals surface area contributed by atoms with Crippen LogP contribution < -0.4 is 12.4 Å². The molecule has 15 heavy (non-hydrogen) atoms. The zero-order valence-corrected chi connectivity index (χ0v) is 16.4. The van der Waals surface area contributed by atoms with Gasteiger partial charge in [-0.05, 0) is 50.4 Å². The third kappa shape index (κ3) is 3.10. The van der Waals surface area contributed by atoms with Crippen LogP contribution in [0.3, 0.4) is 0 Å². The molecule has 1 heterocycles. The van der Waals surface area contributed by atoms with Gasteiger partial charge in [0.1, 0.15) is 0 Å². The van der Waals surface area contributed by atoms with Gasteiger partial charge in [0.15, 0.2) is 0 Å². The molecule has 2 radical (unpaired) electrons. The van der Waals surface area contributed by atoms with Gasteiger partial charge in [0.2, 0.25) is 0 Å². The molecule has 3 heteroatoms. The number of halogens is 1. The Kier molecular flexibility index (Phi) is 6.13. The summed E-state index contributed by atoms with van der Waals surface area (Å²) in [5.41, 5.74) is 0.605. The molecular formula is C12H21ClHgO. The quantitative estimate of drug-likeness (QED) is 0.512. The van der Waals surface area contributed by atoms with Crippen LogP contribution >= 0.6 is 0 Å². The summed E-state index contributed by atoms with van der Waals surface area (Å²) >= 11 is 0. The summed E-state index contributed by atoms with van der Waals surface area (Å²) in [6, 6.07) is 0. The van der Waals surface area contributed by atoms with E-state index in [1.165, 1.54) is 19.3 Å². The van der Waals surface area contributed by atoms with Crippen molar-refractivity contribution < 1.29 is 44.8 Å². The number of ether oxygens (including phenoxy) is 1. The second-order valence-electron chi connectivity index (χ2n) is 5.54. The first kappa shape index (κ1) is 16.2. The van der Waals surface area contributed by atoms with Crippen molar-refractivity contribution in [3.8, 4) is 0 Å². The molecule has 1 aliphatic carbocycles. The molecule has 2 aliphatic rings. The van der Waals surface area contributed by atoms with Crippen molar-refractivity contribution in [1.82, 2.24) is 0 Å². The van der Waals surface area contributed by atoms with Crippen LogP contribution in [0.5, 0.6) is 0 Å². The number of hydrogen-bond donors (Lipinski definition) is 0. The zero-order valence-electron chi connectivity index (χ0n) is 10.2. The minimum absolute atomic E-state index is 0. The maximum atomic E-state index is 5.97. The number of rotatable bonds is 0. The van der Waals surface area contributed by atoms with Crippen molar-refractivity contribution in [2.75, 3.05) is 6.61 Å². The smallest absolute Gasteiger partial charge is 1.00 e. The van der Waals surface area contributed by atoms with E-state index in [9.17, 15) is 0 Å². The molecule has 84 valence electrons. The fourth-order valence-corrected chi connectivity index (χ4v) is 3.29. The molecule has 0 amide bonds. The summed E-state index contributed by atoms with van der Waals surface area (Å²) in [6.07, 6.45) is 7.44. The maximum Gasteiger partial charge on any atom is 1.00 e. The van der Waals surface area contributed by atoms with Gasteiger partial charge in [0.25, 0.3) is 0 Å². The van der Waals surface area contributed by atoms with Crippen LogP contribution in [0.25, 0.3) is 0 Å². The second kappa shape index (κ2) is 5.68. The fourth-order valence-electron chi connectivity index (χ4n) is 3.29. The van der Waals surface area contributed by atoms with Gasteiger partial charge in [0.05, 0.1) is 5.60 Å². The Labute approximate surface area is 121 Å². The van der Waals surface area contributed by atoms with E-state index >= 15 is 0 Å². The molecular weight excluding hydrogens is 396 g/mol. The first-order valence-corrected chi connectivity index (χ1v) is 5.50. The van der Waals surface area contributed by atoms with Gasteiger partial charge >= 0.3 is 27.7 Å². The van der Waals surface area contributed by atoms with E-state index in [1.54, 1.807) is 0 Å². The summed E-state index contributed by atoms with van der Waals surface area (Å²) in [7, 11) is 0. The van der Waals surface area contributed by atoms with Gasteiger partial charge in [0, 0.05) is 6.61 Å². The Morgan fingerprint density at radius 2 is 1.87 bits per heavy atom. The molecule has 0 aromatic heterocycles. The molecule has 2 rings (SSSR count). The minimum atomic E-state index is 0. The summed E-state index contributed by atoms with van der Waals surface area (Å²) in [5.74, 6) is 0.763. The van der Waals surface area contributed by atoms with Gasteiger partial charge in [-0.25, -0.2) is 0 Å². The van der Waals surface area contributed by atoms with Crippen molar-refractivity contribution in [2.24, 2.45) is 11.3 Å². The topological polar surface area (TPSA) is 9.23 Å². The molecule has 0 bridgehead atoms. The van der Waals surface area contributed by atoms with Crippen LogP contribution in [-0.2, 0) is 32.4 Å². The van der Waals surface area contributed by atoms with E-state index in [2.05, 4.69) is 27.2 Å². The van der Waals surface area contributed by atoms with Crippen molar-refractivity contribution in [1.29, 1.82) is 0 Å². The van der Waals surface area contributed by atoms with Gasteiger partial charge in [-0.15, -0.1) is 0 Å². The number of fused-ring (bicyclic) bond motifs is 1. The van der Waals surface area contributed by atoms with E-state index in [0.717, 1.165) is 18.9 Å². The Hall–Kier alpha value is 1.19. The Morgan fingerprint density at radius 1 is 1.20 bits per heavy atom. The van der Waals surface area contributed by atoms with Gasteiger partial charge < -0.3 is 17.1 Å². The first-order chi connectivity index (χ1) is 6.05. The number of hydrogen-bond acceptors (Lipinski definition) is 1. The van der Waals surface area contributed by atoms with E-state index < -0.39 is 0 Å². The third-order valence-corrected chi connectivity index (χ3v) is 3.97. The fraction of sp³-hybridized carbons (Fsp3) is 0.917. The minimum Gasteiger partial charge on any atom is -1.00 e. The molecule has 0 N–H and O–H groups in total. The third-order valence-electron chi connectivity index (χ3n) is 3.97. The first-order valence-electron chi connectivity index (χ1n) is 5.50. The summed E-state index contributed by atoms with van der Waals surface area (Å²) < 4.78 is 5.97. The SMILES string of the molecule is CC1(C)C[CH]C[C@]2(C)OCCC[C@H]12.[Cl-].[Hg+]. The van der Waals surface area contributed by atoms with E-state index in [4.69, 9.17) is 4.74 Å². The monoisotopic (exact) mass is 418 g/mol. The molecule has 0 spiro atoms. The van der Waals surface area contributed by atoms with Gasteiger partial charge in [-0.1, -0.05) is 13.8 Å². The van der Waals surface area contributed by atoms with Crippen LogP contribution in [0, 0.1) is 17.8 Å². The largest absolute Gasteiger partial charge is 1.00 e. The van der Waals surface area contributed by atoms with E-state index in [-0.39, 0.29) is 45.7 Å². The van der Waals surface area contributed by atoms with Gasteiger partial charge in [-0.2, -0.15) is 0 Å². The average Bonchev–Trinajstić information content (AvgIpc) is 2.02. The molecule has 1 saturated heterocycles. The Morgan fingerprint density at radius 3 is 2.47 bits per heavy atom. The van der Waals surface area contributed by atoms with Crippen LogP contribution in [0.15, 0.2) is 0 Å². The summed E-state index contributed by atoms with van der Waals surface area (Å²) in [5, 5.41) is 0. The molecule has 0 unspecified atom stereocenters. The molecule has 1 nitrogen and oxygen atoms in total. The van der Waals surface area contributed by atoms with Gasteiger partial charge in [-0.3, -0.25) is 0 Å². The van der Waals surface area contributed by atoms with Crippen molar-refractivity contribution in [2.45, 2.75) is 52.1 Å². The van der Waals surface area contributed by atoms with Crippen LogP contribution in [-0.4, -0.2) is 12.2 Å². The molecule has 2 atom stereocenters. The molecule has 0 aromatic carbocycles. The van der Waals surface area contributed by atoms with Crippen molar-refractivity contribution >= 4 is 0 Å². The molecule has 1 aliphatic heterocycles. The summed E-state index contributed by atoms with van der Waals surface area (Å²) in [6.45, 7) is 8.05. The standard InChI is InChI=1S/C12H21O.ClH.Hg/c1-11(2)7-5-8-12(3)10(11)6-4-9-13-12;;/h5,10H,4,6-9H2,1-3H3;1H;/q;;+1/p-1/t10-,12+;;/m1../s1. The molecule has 2 fully saturated rings. The predicted molar refractivity (Wildman–Crippen MR) is 54.4 cm³/mol. The van der Waals surface area contributed by atoms with Crippen LogP contribution in [0.2, 0.25) is 0 Å². The van der Waals surface area contributed by atoms with Crippen molar-refractivity contribution in [3.05, 3.63) is 6.42 Å². The maximum absolute atomic E-state index is 5.97. The second-order valence-corrected chi connectivity index (χ2v) is 5.54. The van der Waals surface area contributed by atoms with E-state index in [0.29, 0.717) is 5.41 Å². The molecule has 0 aromatic rings. The van der Waals surface area contributed by atoms with E-state index in [1.807, 2.05) is 0 Å². The summed E-state index contributed by atoms with van der Waals surface area (Å²) in [4.78, 5) is 0. The Balaban J connectivity index is 0.000000980. The average molecular weight is 417 g/mol. The molecule has 1 saturated carbocycles. The van der Waals surface area contributed by atoms with Crippen LogP contribution in [0.1, 0.15) is 46.5 Å².